The Bertz CT molecular complexity index is 442. The maximum atomic E-state index is 8.95. The molecule has 0 aliphatic carbocycles. The molecule has 0 spiro atoms. The van der Waals surface area contributed by atoms with Crippen molar-refractivity contribution >= 4 is 0 Å². The summed E-state index contributed by atoms with van der Waals surface area (Å²) in [4.78, 5) is 0. The maximum Gasteiger partial charge on any atom is 0.165 e. The quantitative estimate of drug-likeness (QED) is 0.740. The van der Waals surface area contributed by atoms with Gasteiger partial charge in [-0.1, -0.05) is 12.1 Å². The largest absolute Gasteiger partial charge is 0.493 e. The average Bonchev–Trinajstić information content (AvgIpc) is 2.46. The van der Waals surface area contributed by atoms with Crippen molar-refractivity contribution in [3.63, 3.8) is 0 Å². The molecule has 0 heterocycles. The Morgan fingerprint density at radius 2 is 2.05 bits per heavy atom. The summed E-state index contributed by atoms with van der Waals surface area (Å²) in [5.41, 5.74) is 6.40. The van der Waals surface area contributed by atoms with Crippen LogP contribution in [-0.4, -0.2) is 13.7 Å². The van der Waals surface area contributed by atoms with Gasteiger partial charge in [-0.3, -0.25) is 0 Å². The molecule has 0 saturated heterocycles. The predicted molar refractivity (Wildman–Crippen MR) is 79.6 cm³/mol. The Morgan fingerprint density at radius 1 is 1.30 bits per heavy atom. The second-order valence-corrected chi connectivity index (χ2v) is 5.45. The number of rotatable bonds is 8. The maximum absolute atomic E-state index is 8.95. The lowest BCUT2D eigenvalue weighted by Crippen LogP contribution is -2.09. The lowest BCUT2D eigenvalue weighted by molar-refractivity contribution is 0.275. The molecule has 1 aromatic rings. The van der Waals surface area contributed by atoms with Gasteiger partial charge in [0.25, 0.3) is 0 Å². The third kappa shape index (κ3) is 4.75. The Morgan fingerprint density at radius 3 is 2.65 bits per heavy atom. The standard InChI is InChI=1S/C16H24N2O2/c1-16(2,12-18)9-4-5-10-20-15-13(11-17)7-6-8-14(15)19-3/h6-8H,4-5,9-11,17H2,1-3H3. The zero-order chi connectivity index (χ0) is 15.0. The van der Waals surface area contributed by atoms with Gasteiger partial charge in [0.2, 0.25) is 0 Å². The fourth-order valence-electron chi connectivity index (χ4n) is 1.95. The van der Waals surface area contributed by atoms with Crippen molar-refractivity contribution in [1.82, 2.24) is 0 Å². The van der Waals surface area contributed by atoms with Crippen molar-refractivity contribution in [2.75, 3.05) is 13.7 Å². The number of methoxy groups -OCH3 is 1. The van der Waals surface area contributed by atoms with E-state index in [4.69, 9.17) is 20.5 Å². The van der Waals surface area contributed by atoms with E-state index in [1.807, 2.05) is 32.0 Å². The minimum Gasteiger partial charge on any atom is -0.493 e. The summed E-state index contributed by atoms with van der Waals surface area (Å²) >= 11 is 0. The first-order valence-corrected chi connectivity index (χ1v) is 6.94. The van der Waals surface area contributed by atoms with Crippen LogP contribution in [0.25, 0.3) is 0 Å². The molecule has 0 atom stereocenters. The van der Waals surface area contributed by atoms with Gasteiger partial charge in [-0.05, 0) is 39.2 Å². The van der Waals surface area contributed by atoms with E-state index >= 15 is 0 Å². The zero-order valence-corrected chi connectivity index (χ0v) is 12.6. The van der Waals surface area contributed by atoms with Crippen LogP contribution >= 0.6 is 0 Å². The summed E-state index contributed by atoms with van der Waals surface area (Å²) in [6.07, 6.45) is 2.75. The molecular weight excluding hydrogens is 252 g/mol. The monoisotopic (exact) mass is 276 g/mol. The number of unbranched alkanes of at least 4 members (excludes halogenated alkanes) is 1. The minimum atomic E-state index is -0.257. The van der Waals surface area contributed by atoms with Crippen LogP contribution in [0.5, 0.6) is 11.5 Å². The summed E-state index contributed by atoms with van der Waals surface area (Å²) < 4.78 is 11.1. The number of benzene rings is 1. The van der Waals surface area contributed by atoms with E-state index in [1.165, 1.54) is 0 Å². The molecule has 0 aliphatic rings. The second kappa shape index (κ2) is 7.76. The molecule has 0 amide bonds. The number of nitriles is 1. The lowest BCUT2D eigenvalue weighted by Gasteiger charge is -2.16. The van der Waals surface area contributed by atoms with E-state index in [1.54, 1.807) is 7.11 Å². The van der Waals surface area contributed by atoms with Gasteiger partial charge in [0, 0.05) is 12.1 Å². The van der Waals surface area contributed by atoms with Crippen LogP contribution in [0.1, 0.15) is 38.7 Å². The molecule has 0 aromatic heterocycles. The molecule has 0 radical (unpaired) electrons. The highest BCUT2D eigenvalue weighted by molar-refractivity contribution is 5.46. The Hall–Kier alpha value is -1.73. The highest BCUT2D eigenvalue weighted by Crippen LogP contribution is 2.31. The first-order valence-electron chi connectivity index (χ1n) is 6.94. The number of hydrogen-bond donors (Lipinski definition) is 1. The van der Waals surface area contributed by atoms with Gasteiger partial charge in [0.1, 0.15) is 0 Å². The summed E-state index contributed by atoms with van der Waals surface area (Å²) in [7, 11) is 1.62. The van der Waals surface area contributed by atoms with E-state index in [2.05, 4.69) is 6.07 Å². The Kier molecular flexibility index (Phi) is 6.33. The second-order valence-electron chi connectivity index (χ2n) is 5.45. The predicted octanol–water partition coefficient (Wildman–Crippen LogP) is 3.25. The van der Waals surface area contributed by atoms with Gasteiger partial charge in [0.15, 0.2) is 11.5 Å². The van der Waals surface area contributed by atoms with Crippen molar-refractivity contribution in [1.29, 1.82) is 5.26 Å². The molecule has 0 fully saturated rings. The van der Waals surface area contributed by atoms with E-state index in [0.717, 1.165) is 30.6 Å². The fraction of sp³-hybridized carbons (Fsp3) is 0.562. The molecule has 4 nitrogen and oxygen atoms in total. The number of para-hydroxylation sites is 1. The van der Waals surface area contributed by atoms with Crippen LogP contribution < -0.4 is 15.2 Å². The van der Waals surface area contributed by atoms with Gasteiger partial charge in [-0.25, -0.2) is 0 Å². The number of nitrogens with zero attached hydrogens (tertiary/aromatic N) is 1. The van der Waals surface area contributed by atoms with E-state index in [0.29, 0.717) is 18.9 Å². The molecule has 110 valence electrons. The summed E-state index contributed by atoms with van der Waals surface area (Å²) in [6.45, 7) is 4.95. The topological polar surface area (TPSA) is 68.3 Å². The highest BCUT2D eigenvalue weighted by Gasteiger charge is 2.15. The van der Waals surface area contributed by atoms with Crippen molar-refractivity contribution in [2.24, 2.45) is 11.1 Å². The van der Waals surface area contributed by atoms with E-state index in [9.17, 15) is 0 Å². The lowest BCUT2D eigenvalue weighted by atomic mass is 9.89. The van der Waals surface area contributed by atoms with Crippen LogP contribution in [0.3, 0.4) is 0 Å². The Balaban J connectivity index is 2.48. The normalized spacial score (nSPS) is 10.9. The molecule has 20 heavy (non-hydrogen) atoms. The van der Waals surface area contributed by atoms with Gasteiger partial charge in [0.05, 0.1) is 25.2 Å². The van der Waals surface area contributed by atoms with E-state index < -0.39 is 0 Å². The summed E-state index contributed by atoms with van der Waals surface area (Å²) in [5.74, 6) is 1.45. The molecular formula is C16H24N2O2. The van der Waals surface area contributed by atoms with Crippen LogP contribution in [0.2, 0.25) is 0 Å². The van der Waals surface area contributed by atoms with Crippen molar-refractivity contribution < 1.29 is 9.47 Å². The Labute approximate surface area is 121 Å². The molecule has 2 N–H and O–H groups in total. The van der Waals surface area contributed by atoms with Gasteiger partial charge >= 0.3 is 0 Å². The summed E-state index contributed by atoms with van der Waals surface area (Å²) in [5, 5.41) is 8.95. The molecule has 0 saturated carbocycles. The minimum absolute atomic E-state index is 0.257. The van der Waals surface area contributed by atoms with Gasteiger partial charge in [-0.15, -0.1) is 0 Å². The van der Waals surface area contributed by atoms with Crippen LogP contribution in [-0.2, 0) is 6.54 Å². The molecule has 0 bridgehead atoms. The summed E-state index contributed by atoms with van der Waals surface area (Å²) in [6, 6.07) is 8.02. The van der Waals surface area contributed by atoms with Crippen LogP contribution in [0.15, 0.2) is 18.2 Å². The van der Waals surface area contributed by atoms with Crippen molar-refractivity contribution in [2.45, 2.75) is 39.7 Å². The van der Waals surface area contributed by atoms with Crippen molar-refractivity contribution in [3.05, 3.63) is 23.8 Å². The highest BCUT2D eigenvalue weighted by atomic mass is 16.5. The SMILES string of the molecule is COc1cccc(CN)c1OCCCCC(C)(C)C#N. The van der Waals surface area contributed by atoms with E-state index in [-0.39, 0.29) is 5.41 Å². The molecule has 0 unspecified atom stereocenters. The third-order valence-corrected chi connectivity index (χ3v) is 3.25. The fourth-order valence-corrected chi connectivity index (χ4v) is 1.95. The van der Waals surface area contributed by atoms with Gasteiger partial charge < -0.3 is 15.2 Å². The first kappa shape index (κ1) is 16.3. The molecule has 1 rings (SSSR count). The van der Waals surface area contributed by atoms with Crippen molar-refractivity contribution in [3.8, 4) is 17.6 Å². The number of hydrogen-bond acceptors (Lipinski definition) is 4. The smallest absolute Gasteiger partial charge is 0.165 e. The number of ether oxygens (including phenoxy) is 2. The average molecular weight is 276 g/mol. The molecule has 1 aromatic carbocycles. The number of nitrogens with two attached hydrogens (primary N) is 1. The molecule has 0 aliphatic heterocycles. The zero-order valence-electron chi connectivity index (χ0n) is 12.6. The van der Waals surface area contributed by atoms with Crippen LogP contribution in [0, 0.1) is 16.7 Å². The van der Waals surface area contributed by atoms with Crippen LogP contribution in [0.4, 0.5) is 0 Å². The molecule has 4 heteroatoms. The third-order valence-electron chi connectivity index (χ3n) is 3.25. The van der Waals surface area contributed by atoms with Gasteiger partial charge in [-0.2, -0.15) is 5.26 Å². The first-order chi connectivity index (χ1) is 9.54.